The highest BCUT2D eigenvalue weighted by molar-refractivity contribution is 5.94. The second-order valence-electron chi connectivity index (χ2n) is 5.54. The van der Waals surface area contributed by atoms with Gasteiger partial charge in [-0.05, 0) is 36.2 Å². The number of anilines is 1. The molecule has 0 aliphatic carbocycles. The summed E-state index contributed by atoms with van der Waals surface area (Å²) in [7, 11) is 4.83. The summed E-state index contributed by atoms with van der Waals surface area (Å²) >= 11 is 0. The third-order valence-electron chi connectivity index (χ3n) is 3.78. The molecule has 7 heteroatoms. The SMILES string of the molecule is COCCNC(=O)c1ccnc(NCCc2ccc(OC)c(OC)c2)c1. The summed E-state index contributed by atoms with van der Waals surface area (Å²) < 4.78 is 15.5. The second-order valence-corrected chi connectivity index (χ2v) is 5.54. The van der Waals surface area contributed by atoms with Gasteiger partial charge in [-0.3, -0.25) is 4.79 Å². The standard InChI is InChI=1S/C19H25N3O4/c1-24-11-10-22-19(23)15-7-9-21-18(13-15)20-8-6-14-4-5-16(25-2)17(12-14)26-3/h4-5,7,9,12-13H,6,8,10-11H2,1-3H3,(H,20,21)(H,22,23). The third kappa shape index (κ3) is 5.63. The van der Waals surface area contributed by atoms with Crippen molar-refractivity contribution in [2.24, 2.45) is 0 Å². The second kappa shape index (κ2) is 10.2. The summed E-state index contributed by atoms with van der Waals surface area (Å²) in [5.74, 6) is 1.92. The number of rotatable bonds is 10. The Morgan fingerprint density at radius 2 is 1.85 bits per heavy atom. The molecule has 0 saturated carbocycles. The first-order valence-electron chi connectivity index (χ1n) is 8.36. The minimum atomic E-state index is -0.146. The lowest BCUT2D eigenvalue weighted by molar-refractivity contribution is 0.0937. The van der Waals surface area contributed by atoms with E-state index in [-0.39, 0.29) is 5.91 Å². The van der Waals surface area contributed by atoms with Crippen molar-refractivity contribution in [1.82, 2.24) is 10.3 Å². The van der Waals surface area contributed by atoms with Gasteiger partial charge in [-0.25, -0.2) is 4.98 Å². The van der Waals surface area contributed by atoms with E-state index in [9.17, 15) is 4.79 Å². The van der Waals surface area contributed by atoms with Crippen molar-refractivity contribution in [3.8, 4) is 11.5 Å². The molecule has 1 aromatic heterocycles. The minimum absolute atomic E-state index is 0.146. The largest absolute Gasteiger partial charge is 0.493 e. The van der Waals surface area contributed by atoms with Gasteiger partial charge in [0.25, 0.3) is 5.91 Å². The molecule has 1 aromatic carbocycles. The molecule has 140 valence electrons. The average molecular weight is 359 g/mol. The number of carbonyl (C=O) groups excluding carboxylic acids is 1. The zero-order valence-corrected chi connectivity index (χ0v) is 15.4. The number of pyridine rings is 1. The van der Waals surface area contributed by atoms with Crippen LogP contribution in [0.3, 0.4) is 0 Å². The van der Waals surface area contributed by atoms with Gasteiger partial charge in [0.05, 0.1) is 20.8 Å². The minimum Gasteiger partial charge on any atom is -0.493 e. The Balaban J connectivity index is 1.90. The molecule has 0 unspecified atom stereocenters. The Labute approximate surface area is 153 Å². The van der Waals surface area contributed by atoms with Crippen LogP contribution in [0.25, 0.3) is 0 Å². The summed E-state index contributed by atoms with van der Waals surface area (Å²) in [4.78, 5) is 16.3. The van der Waals surface area contributed by atoms with Crippen LogP contribution in [0.1, 0.15) is 15.9 Å². The van der Waals surface area contributed by atoms with Crippen molar-refractivity contribution < 1.29 is 19.0 Å². The van der Waals surface area contributed by atoms with Crippen LogP contribution in [0.4, 0.5) is 5.82 Å². The van der Waals surface area contributed by atoms with Crippen LogP contribution in [0.2, 0.25) is 0 Å². The van der Waals surface area contributed by atoms with Crippen LogP contribution < -0.4 is 20.1 Å². The van der Waals surface area contributed by atoms with Crippen molar-refractivity contribution in [2.75, 3.05) is 46.3 Å². The van der Waals surface area contributed by atoms with E-state index in [1.807, 2.05) is 18.2 Å². The smallest absolute Gasteiger partial charge is 0.251 e. The number of benzene rings is 1. The van der Waals surface area contributed by atoms with Crippen LogP contribution in [0.15, 0.2) is 36.5 Å². The predicted octanol–water partition coefficient (Wildman–Crippen LogP) is 2.13. The van der Waals surface area contributed by atoms with E-state index in [4.69, 9.17) is 14.2 Å². The van der Waals surface area contributed by atoms with E-state index in [1.54, 1.807) is 39.7 Å². The van der Waals surface area contributed by atoms with Gasteiger partial charge in [-0.1, -0.05) is 6.07 Å². The molecule has 1 heterocycles. The van der Waals surface area contributed by atoms with Gasteiger partial charge in [-0.15, -0.1) is 0 Å². The molecule has 0 aliphatic rings. The van der Waals surface area contributed by atoms with Gasteiger partial charge < -0.3 is 24.8 Å². The quantitative estimate of drug-likeness (QED) is 0.633. The number of hydrogen-bond acceptors (Lipinski definition) is 6. The van der Waals surface area contributed by atoms with E-state index >= 15 is 0 Å². The number of carbonyl (C=O) groups is 1. The zero-order valence-electron chi connectivity index (χ0n) is 15.4. The number of nitrogens with one attached hydrogen (secondary N) is 2. The van der Waals surface area contributed by atoms with Crippen LogP contribution in [0.5, 0.6) is 11.5 Å². The molecule has 0 radical (unpaired) electrons. The van der Waals surface area contributed by atoms with Gasteiger partial charge >= 0.3 is 0 Å². The van der Waals surface area contributed by atoms with Gasteiger partial charge in [0, 0.05) is 32.0 Å². The van der Waals surface area contributed by atoms with Crippen LogP contribution in [-0.4, -0.2) is 51.9 Å². The molecule has 0 atom stereocenters. The maximum Gasteiger partial charge on any atom is 0.251 e. The average Bonchev–Trinajstić information content (AvgIpc) is 2.68. The molecule has 26 heavy (non-hydrogen) atoms. The molecule has 0 saturated heterocycles. The molecule has 2 rings (SSSR count). The first-order valence-corrected chi connectivity index (χ1v) is 8.36. The molecule has 0 fully saturated rings. The first kappa shape index (κ1) is 19.5. The van der Waals surface area contributed by atoms with Gasteiger partial charge in [-0.2, -0.15) is 0 Å². The summed E-state index contributed by atoms with van der Waals surface area (Å²) in [6, 6.07) is 9.25. The normalized spacial score (nSPS) is 10.3. The Morgan fingerprint density at radius 3 is 2.58 bits per heavy atom. The molecule has 2 N–H and O–H groups in total. The number of hydrogen-bond donors (Lipinski definition) is 2. The molecule has 1 amide bonds. The number of amides is 1. The molecule has 0 bridgehead atoms. The summed E-state index contributed by atoms with van der Waals surface area (Å²) in [5, 5.41) is 6.02. The zero-order chi connectivity index (χ0) is 18.8. The Bertz CT molecular complexity index is 722. The Morgan fingerprint density at radius 1 is 1.04 bits per heavy atom. The van der Waals surface area contributed by atoms with Gasteiger partial charge in [0.2, 0.25) is 0 Å². The van der Waals surface area contributed by atoms with Crippen LogP contribution >= 0.6 is 0 Å². The van der Waals surface area contributed by atoms with Crippen LogP contribution in [-0.2, 0) is 11.2 Å². The molecular weight excluding hydrogens is 334 g/mol. The summed E-state index contributed by atoms with van der Waals surface area (Å²) in [6.45, 7) is 1.63. The van der Waals surface area contributed by atoms with Gasteiger partial charge in [0.15, 0.2) is 11.5 Å². The molecule has 2 aromatic rings. The van der Waals surface area contributed by atoms with E-state index in [0.717, 1.165) is 12.0 Å². The van der Waals surface area contributed by atoms with Gasteiger partial charge in [0.1, 0.15) is 5.82 Å². The maximum absolute atomic E-state index is 12.0. The first-order chi connectivity index (χ1) is 12.7. The fraction of sp³-hybridized carbons (Fsp3) is 0.368. The molecule has 0 spiro atoms. The lowest BCUT2D eigenvalue weighted by atomic mass is 10.1. The number of nitrogens with zero attached hydrogens (tertiary/aromatic N) is 1. The van der Waals surface area contributed by atoms with Crippen molar-refractivity contribution in [3.05, 3.63) is 47.7 Å². The molecule has 7 nitrogen and oxygen atoms in total. The highest BCUT2D eigenvalue weighted by Gasteiger charge is 2.07. The predicted molar refractivity (Wildman–Crippen MR) is 100 cm³/mol. The van der Waals surface area contributed by atoms with E-state index in [0.29, 0.717) is 42.6 Å². The topological polar surface area (TPSA) is 81.7 Å². The lowest BCUT2D eigenvalue weighted by Crippen LogP contribution is -2.27. The summed E-state index contributed by atoms with van der Waals surface area (Å²) in [6.07, 6.45) is 2.40. The Hall–Kier alpha value is -2.80. The maximum atomic E-state index is 12.0. The van der Waals surface area contributed by atoms with Crippen molar-refractivity contribution in [1.29, 1.82) is 0 Å². The van der Waals surface area contributed by atoms with Crippen molar-refractivity contribution in [3.63, 3.8) is 0 Å². The van der Waals surface area contributed by atoms with E-state index in [2.05, 4.69) is 15.6 Å². The van der Waals surface area contributed by atoms with E-state index in [1.165, 1.54) is 0 Å². The highest BCUT2D eigenvalue weighted by atomic mass is 16.5. The number of aromatic nitrogens is 1. The lowest BCUT2D eigenvalue weighted by Gasteiger charge is -2.11. The third-order valence-corrected chi connectivity index (χ3v) is 3.78. The number of ether oxygens (including phenoxy) is 3. The monoisotopic (exact) mass is 359 g/mol. The van der Waals surface area contributed by atoms with E-state index < -0.39 is 0 Å². The molecule has 0 aliphatic heterocycles. The fourth-order valence-electron chi connectivity index (χ4n) is 2.41. The highest BCUT2D eigenvalue weighted by Crippen LogP contribution is 2.27. The van der Waals surface area contributed by atoms with Crippen LogP contribution in [0, 0.1) is 0 Å². The molecular formula is C19H25N3O4. The fourth-order valence-corrected chi connectivity index (χ4v) is 2.41. The van der Waals surface area contributed by atoms with Crippen molar-refractivity contribution in [2.45, 2.75) is 6.42 Å². The number of methoxy groups -OCH3 is 3. The van der Waals surface area contributed by atoms with Crippen molar-refractivity contribution >= 4 is 11.7 Å². The summed E-state index contributed by atoms with van der Waals surface area (Å²) in [5.41, 5.74) is 1.67. The Kier molecular flexibility index (Phi) is 7.70.